The monoisotopic (exact) mass is 280 g/mol. The van der Waals surface area contributed by atoms with Crippen LogP contribution in [-0.4, -0.2) is 45.6 Å². The minimum absolute atomic E-state index is 0.119. The second-order valence-corrected chi connectivity index (χ2v) is 6.57. The van der Waals surface area contributed by atoms with E-state index in [1.807, 2.05) is 4.90 Å². The lowest BCUT2D eigenvalue weighted by atomic mass is 10.1. The van der Waals surface area contributed by atoms with Crippen LogP contribution in [-0.2, 0) is 0 Å². The Morgan fingerprint density at radius 3 is 2.95 bits per heavy atom. The van der Waals surface area contributed by atoms with Gasteiger partial charge in [-0.15, -0.1) is 5.10 Å². The number of hydrogen-bond acceptors (Lipinski definition) is 5. The number of hydrogen-bond donors (Lipinski definition) is 1. The molecule has 1 aromatic heterocycles. The number of rotatable bonds is 2. The van der Waals surface area contributed by atoms with Crippen molar-refractivity contribution >= 4 is 17.4 Å². The van der Waals surface area contributed by atoms with E-state index in [2.05, 4.69) is 28.8 Å². The van der Waals surface area contributed by atoms with Gasteiger partial charge in [-0.2, -0.15) is 0 Å². The van der Waals surface area contributed by atoms with Crippen LogP contribution < -0.4 is 5.32 Å². The van der Waals surface area contributed by atoms with Crippen LogP contribution in [0.25, 0.3) is 0 Å². The minimum atomic E-state index is 0.119. The average Bonchev–Trinajstić information content (AvgIpc) is 2.95. The maximum absolute atomic E-state index is 12.6. The van der Waals surface area contributed by atoms with E-state index in [9.17, 15) is 4.79 Å². The molecule has 1 aromatic rings. The zero-order valence-corrected chi connectivity index (χ0v) is 12.2. The molecule has 0 aromatic carbocycles. The fourth-order valence-corrected chi connectivity index (χ4v) is 3.78. The predicted molar refractivity (Wildman–Crippen MR) is 74.5 cm³/mol. The summed E-state index contributed by atoms with van der Waals surface area (Å²) < 4.78 is 3.96. The molecule has 6 heteroatoms. The van der Waals surface area contributed by atoms with Crippen molar-refractivity contribution in [3.63, 3.8) is 0 Å². The topological polar surface area (TPSA) is 58.1 Å². The van der Waals surface area contributed by atoms with E-state index in [0.29, 0.717) is 12.1 Å². The van der Waals surface area contributed by atoms with Crippen molar-refractivity contribution in [1.29, 1.82) is 0 Å². The molecule has 1 amide bonds. The normalized spacial score (nSPS) is 26.8. The van der Waals surface area contributed by atoms with Crippen molar-refractivity contribution < 1.29 is 4.79 Å². The van der Waals surface area contributed by atoms with E-state index in [-0.39, 0.29) is 11.8 Å². The summed E-state index contributed by atoms with van der Waals surface area (Å²) in [5.74, 6) is 0.368. The Kier molecular flexibility index (Phi) is 3.54. The van der Waals surface area contributed by atoms with Gasteiger partial charge >= 0.3 is 0 Å². The number of aromatic nitrogens is 2. The molecule has 2 fully saturated rings. The van der Waals surface area contributed by atoms with Crippen molar-refractivity contribution in [3.8, 4) is 0 Å². The Labute approximate surface area is 117 Å². The standard InChI is InChI=1S/C13H20N4OS/c1-8(2)11-12(19-16-15-11)13(18)17-6-5-9-3-4-10(7-17)14-9/h8-10,14H,3-7H2,1-2H3. The highest BCUT2D eigenvalue weighted by Gasteiger charge is 2.33. The van der Waals surface area contributed by atoms with Crippen LogP contribution in [0.4, 0.5) is 0 Å². The summed E-state index contributed by atoms with van der Waals surface area (Å²) in [7, 11) is 0. The quantitative estimate of drug-likeness (QED) is 0.894. The van der Waals surface area contributed by atoms with Crippen molar-refractivity contribution in [1.82, 2.24) is 19.8 Å². The fourth-order valence-electron chi connectivity index (χ4n) is 2.99. The predicted octanol–water partition coefficient (Wildman–Crippen LogP) is 1.63. The zero-order valence-electron chi connectivity index (χ0n) is 11.4. The van der Waals surface area contributed by atoms with Crippen LogP contribution in [0.3, 0.4) is 0 Å². The highest BCUT2D eigenvalue weighted by atomic mass is 32.1. The molecule has 2 aliphatic rings. The second kappa shape index (κ2) is 5.17. The molecule has 104 valence electrons. The van der Waals surface area contributed by atoms with E-state index in [0.717, 1.165) is 30.1 Å². The van der Waals surface area contributed by atoms with Crippen molar-refractivity contribution in [2.45, 2.75) is 51.1 Å². The lowest BCUT2D eigenvalue weighted by Gasteiger charge is -2.24. The first-order valence-electron chi connectivity index (χ1n) is 7.02. The lowest BCUT2D eigenvalue weighted by Crippen LogP contribution is -2.39. The summed E-state index contributed by atoms with van der Waals surface area (Å²) >= 11 is 1.23. The molecule has 0 radical (unpaired) electrons. The summed E-state index contributed by atoms with van der Waals surface area (Å²) in [5, 5.41) is 7.71. The third kappa shape index (κ3) is 2.51. The van der Waals surface area contributed by atoms with Crippen LogP contribution in [0.5, 0.6) is 0 Å². The van der Waals surface area contributed by atoms with E-state index in [4.69, 9.17) is 0 Å². The van der Waals surface area contributed by atoms with E-state index in [1.54, 1.807) is 0 Å². The van der Waals surface area contributed by atoms with Crippen LogP contribution in [0.15, 0.2) is 0 Å². The van der Waals surface area contributed by atoms with Gasteiger partial charge < -0.3 is 10.2 Å². The van der Waals surface area contributed by atoms with Gasteiger partial charge in [0.1, 0.15) is 4.88 Å². The fraction of sp³-hybridized carbons (Fsp3) is 0.769. The van der Waals surface area contributed by atoms with Gasteiger partial charge in [-0.05, 0) is 36.7 Å². The summed E-state index contributed by atoms with van der Waals surface area (Å²) in [6.45, 7) is 5.78. The van der Waals surface area contributed by atoms with Crippen LogP contribution >= 0.6 is 11.5 Å². The van der Waals surface area contributed by atoms with Crippen molar-refractivity contribution in [2.75, 3.05) is 13.1 Å². The summed E-state index contributed by atoms with van der Waals surface area (Å²) in [5.41, 5.74) is 0.845. The first-order valence-corrected chi connectivity index (χ1v) is 7.80. The summed E-state index contributed by atoms with van der Waals surface area (Å²) in [6.07, 6.45) is 3.50. The maximum atomic E-state index is 12.6. The Morgan fingerprint density at radius 2 is 2.16 bits per heavy atom. The maximum Gasteiger partial charge on any atom is 0.267 e. The molecule has 0 spiro atoms. The highest BCUT2D eigenvalue weighted by molar-refractivity contribution is 7.08. The number of carbonyl (C=O) groups excluding carboxylic acids is 1. The van der Waals surface area contributed by atoms with Gasteiger partial charge in [-0.3, -0.25) is 4.79 Å². The molecule has 3 rings (SSSR count). The molecule has 2 aliphatic heterocycles. The number of likely N-dealkylation sites (tertiary alicyclic amines) is 1. The Morgan fingerprint density at radius 1 is 1.37 bits per heavy atom. The van der Waals surface area contributed by atoms with Gasteiger partial charge in [-0.1, -0.05) is 18.3 Å². The number of carbonyl (C=O) groups is 1. The zero-order chi connectivity index (χ0) is 13.4. The van der Waals surface area contributed by atoms with Crippen LogP contribution in [0, 0.1) is 0 Å². The van der Waals surface area contributed by atoms with Gasteiger partial charge in [0.15, 0.2) is 0 Å². The Balaban J connectivity index is 1.78. The number of nitrogens with zero attached hydrogens (tertiary/aromatic N) is 3. The number of amides is 1. The molecule has 2 unspecified atom stereocenters. The molecule has 0 aliphatic carbocycles. The molecule has 19 heavy (non-hydrogen) atoms. The third-order valence-electron chi connectivity index (χ3n) is 4.06. The van der Waals surface area contributed by atoms with E-state index < -0.39 is 0 Å². The van der Waals surface area contributed by atoms with Crippen molar-refractivity contribution in [2.24, 2.45) is 0 Å². The third-order valence-corrected chi connectivity index (χ3v) is 4.79. The Bertz CT molecular complexity index is 473. The summed E-state index contributed by atoms with van der Waals surface area (Å²) in [4.78, 5) is 15.4. The highest BCUT2D eigenvalue weighted by Crippen LogP contribution is 2.25. The van der Waals surface area contributed by atoms with Gasteiger partial charge in [0.2, 0.25) is 0 Å². The largest absolute Gasteiger partial charge is 0.336 e. The van der Waals surface area contributed by atoms with Crippen LogP contribution in [0.2, 0.25) is 0 Å². The molecular weight excluding hydrogens is 260 g/mol. The van der Waals surface area contributed by atoms with E-state index >= 15 is 0 Å². The van der Waals surface area contributed by atoms with Crippen LogP contribution in [0.1, 0.15) is 54.4 Å². The lowest BCUT2D eigenvalue weighted by molar-refractivity contribution is 0.0751. The minimum Gasteiger partial charge on any atom is -0.336 e. The first kappa shape index (κ1) is 13.0. The van der Waals surface area contributed by atoms with Crippen molar-refractivity contribution in [3.05, 3.63) is 10.6 Å². The SMILES string of the molecule is CC(C)c1nnsc1C(=O)N1CCC2CCC(C1)N2. The molecule has 0 saturated carbocycles. The number of nitrogens with one attached hydrogen (secondary N) is 1. The molecule has 2 bridgehead atoms. The van der Waals surface area contributed by atoms with Gasteiger partial charge in [0.25, 0.3) is 5.91 Å². The molecular formula is C13H20N4OS. The first-order chi connectivity index (χ1) is 9.15. The second-order valence-electron chi connectivity index (χ2n) is 5.82. The molecule has 2 atom stereocenters. The molecule has 1 N–H and O–H groups in total. The number of fused-ring (bicyclic) bond motifs is 2. The van der Waals surface area contributed by atoms with Gasteiger partial charge in [0.05, 0.1) is 5.69 Å². The van der Waals surface area contributed by atoms with E-state index in [1.165, 1.54) is 24.4 Å². The Hall–Kier alpha value is -1.01. The van der Waals surface area contributed by atoms with Gasteiger partial charge in [-0.25, -0.2) is 0 Å². The molecule has 5 nitrogen and oxygen atoms in total. The smallest absolute Gasteiger partial charge is 0.267 e. The van der Waals surface area contributed by atoms with Gasteiger partial charge in [0, 0.05) is 25.2 Å². The average molecular weight is 280 g/mol. The summed E-state index contributed by atoms with van der Waals surface area (Å²) in [6, 6.07) is 1.08. The molecule has 2 saturated heterocycles. The molecule has 3 heterocycles.